The number of anilines is 1. The molecule has 2 rings (SSSR count). The Kier molecular flexibility index (Phi) is 6.99. The molecule has 140 valence electrons. The molecule has 7 heteroatoms. The summed E-state index contributed by atoms with van der Waals surface area (Å²) in [5.41, 5.74) is 1.82. The van der Waals surface area contributed by atoms with Gasteiger partial charge in [-0.1, -0.05) is 25.1 Å². The van der Waals surface area contributed by atoms with Crippen molar-refractivity contribution in [3.63, 3.8) is 0 Å². The molecule has 2 N–H and O–H groups in total. The fourth-order valence-electron chi connectivity index (χ4n) is 2.52. The predicted octanol–water partition coefficient (Wildman–Crippen LogP) is 3.93. The Morgan fingerprint density at radius 2 is 1.85 bits per heavy atom. The summed E-state index contributed by atoms with van der Waals surface area (Å²) in [4.78, 5) is 0.310. The summed E-state index contributed by atoms with van der Waals surface area (Å²) in [6.45, 7) is 4.58. The Hall–Kier alpha value is -2.12. The first-order valence-electron chi connectivity index (χ1n) is 8.44. The topological polar surface area (TPSA) is 67.4 Å². The second-order valence-corrected chi connectivity index (χ2v) is 8.29. The Morgan fingerprint density at radius 3 is 2.42 bits per heavy atom. The summed E-state index contributed by atoms with van der Waals surface area (Å²) in [6.07, 6.45) is 2.01. The smallest absolute Gasteiger partial charge is 0.175 e. The third kappa shape index (κ3) is 5.71. The number of sulfone groups is 1. The van der Waals surface area contributed by atoms with Crippen LogP contribution in [-0.2, 0) is 9.84 Å². The molecule has 1 atom stereocenters. The number of rotatable bonds is 7. The highest BCUT2D eigenvalue weighted by molar-refractivity contribution is 7.90. The van der Waals surface area contributed by atoms with E-state index >= 15 is 0 Å². The van der Waals surface area contributed by atoms with Crippen molar-refractivity contribution in [2.75, 3.05) is 18.2 Å². The minimum atomic E-state index is -3.20. The fourth-order valence-corrected chi connectivity index (χ4v) is 3.41. The van der Waals surface area contributed by atoms with Crippen LogP contribution in [0.15, 0.2) is 53.4 Å². The summed E-state index contributed by atoms with van der Waals surface area (Å²) in [7, 11) is -3.20. The monoisotopic (exact) mass is 392 g/mol. The summed E-state index contributed by atoms with van der Waals surface area (Å²) in [6, 6.07) is 14.5. The summed E-state index contributed by atoms with van der Waals surface area (Å²) < 4.78 is 28.6. The number of hydrogen-bond donors (Lipinski definition) is 2. The van der Waals surface area contributed by atoms with Crippen LogP contribution in [0.3, 0.4) is 0 Å². The van der Waals surface area contributed by atoms with E-state index in [-0.39, 0.29) is 6.04 Å². The molecule has 0 aliphatic heterocycles. The van der Waals surface area contributed by atoms with Gasteiger partial charge in [-0.15, -0.1) is 0 Å². The van der Waals surface area contributed by atoms with E-state index in [1.165, 1.54) is 6.26 Å². The average molecular weight is 393 g/mol. The van der Waals surface area contributed by atoms with E-state index in [0.717, 1.165) is 23.4 Å². The van der Waals surface area contributed by atoms with Crippen LogP contribution in [0, 0.1) is 0 Å². The van der Waals surface area contributed by atoms with Crippen LogP contribution in [0.1, 0.15) is 31.9 Å². The van der Waals surface area contributed by atoms with Crippen molar-refractivity contribution in [2.45, 2.75) is 31.2 Å². The molecule has 0 saturated heterocycles. The van der Waals surface area contributed by atoms with Crippen molar-refractivity contribution >= 4 is 32.9 Å². The molecular weight excluding hydrogens is 368 g/mol. The quantitative estimate of drug-likeness (QED) is 0.696. The lowest BCUT2D eigenvalue weighted by molar-refractivity contribution is 0.340. The van der Waals surface area contributed by atoms with Crippen LogP contribution in [0.2, 0.25) is 0 Å². The first-order valence-corrected chi connectivity index (χ1v) is 10.7. The fraction of sp³-hybridized carbons (Fsp3) is 0.316. The molecular formula is C19H24N2O3S2. The van der Waals surface area contributed by atoms with Gasteiger partial charge in [0.25, 0.3) is 0 Å². The molecule has 1 unspecified atom stereocenters. The molecule has 0 saturated carbocycles. The number of ether oxygens (including phenoxy) is 1. The molecule has 0 aliphatic rings. The molecule has 5 nitrogen and oxygen atoms in total. The standard InChI is InChI=1S/C19H24N2O3S2/c1-4-18(14-9-11-17(12-10-14)26(3,22)23)21-19(25)20-15-7-6-8-16(13-15)24-5-2/h6-13,18H,4-5H2,1-3H3,(H2,20,21,25). The highest BCUT2D eigenvalue weighted by Gasteiger charge is 2.13. The first-order chi connectivity index (χ1) is 12.3. The SMILES string of the molecule is CCOc1cccc(NC(=S)NC(CC)c2ccc(S(C)(=O)=O)cc2)c1. The molecule has 0 heterocycles. The summed E-state index contributed by atoms with van der Waals surface area (Å²) in [5, 5.41) is 6.92. The van der Waals surface area contributed by atoms with Crippen molar-refractivity contribution in [3.05, 3.63) is 54.1 Å². The van der Waals surface area contributed by atoms with Crippen molar-refractivity contribution in [1.29, 1.82) is 0 Å². The molecule has 2 aromatic carbocycles. The lowest BCUT2D eigenvalue weighted by atomic mass is 10.1. The number of hydrogen-bond acceptors (Lipinski definition) is 4. The minimum absolute atomic E-state index is 0.0151. The van der Waals surface area contributed by atoms with Gasteiger partial charge in [0.2, 0.25) is 0 Å². The maximum atomic E-state index is 11.6. The van der Waals surface area contributed by atoms with Gasteiger partial charge in [-0.25, -0.2) is 8.42 Å². The normalized spacial score (nSPS) is 12.3. The highest BCUT2D eigenvalue weighted by Crippen LogP contribution is 2.21. The molecule has 0 radical (unpaired) electrons. The van der Waals surface area contributed by atoms with Crippen molar-refractivity contribution < 1.29 is 13.2 Å². The third-order valence-electron chi connectivity index (χ3n) is 3.83. The van der Waals surface area contributed by atoms with Crippen molar-refractivity contribution in [1.82, 2.24) is 5.32 Å². The molecule has 0 amide bonds. The Morgan fingerprint density at radius 1 is 1.15 bits per heavy atom. The van der Waals surface area contributed by atoms with Gasteiger partial charge in [0.15, 0.2) is 14.9 Å². The van der Waals surface area contributed by atoms with Crippen LogP contribution in [-0.4, -0.2) is 26.4 Å². The predicted molar refractivity (Wildman–Crippen MR) is 110 cm³/mol. The van der Waals surface area contributed by atoms with Crippen LogP contribution < -0.4 is 15.4 Å². The molecule has 0 aliphatic carbocycles. The van der Waals surface area contributed by atoms with E-state index in [1.54, 1.807) is 12.1 Å². The maximum absolute atomic E-state index is 11.6. The maximum Gasteiger partial charge on any atom is 0.175 e. The third-order valence-corrected chi connectivity index (χ3v) is 5.18. The van der Waals surface area contributed by atoms with Gasteiger partial charge in [0.1, 0.15) is 5.75 Å². The van der Waals surface area contributed by atoms with Gasteiger partial charge in [-0.2, -0.15) is 0 Å². The molecule has 0 fully saturated rings. The van der Waals surface area contributed by atoms with E-state index in [0.29, 0.717) is 16.6 Å². The van der Waals surface area contributed by atoms with Crippen LogP contribution in [0.4, 0.5) is 5.69 Å². The Bertz CT molecular complexity index is 849. The van der Waals surface area contributed by atoms with E-state index in [4.69, 9.17) is 17.0 Å². The van der Waals surface area contributed by atoms with Crippen molar-refractivity contribution in [3.8, 4) is 5.75 Å². The molecule has 0 spiro atoms. The lowest BCUT2D eigenvalue weighted by Gasteiger charge is -2.20. The summed E-state index contributed by atoms with van der Waals surface area (Å²) in [5.74, 6) is 0.781. The Labute approximate surface area is 160 Å². The first kappa shape index (κ1) is 20.2. The molecule has 26 heavy (non-hydrogen) atoms. The van der Waals surface area contributed by atoms with Gasteiger partial charge in [0, 0.05) is 18.0 Å². The molecule has 2 aromatic rings. The van der Waals surface area contributed by atoms with E-state index in [9.17, 15) is 8.42 Å². The van der Waals surface area contributed by atoms with E-state index < -0.39 is 9.84 Å². The molecule has 0 bridgehead atoms. The van der Waals surface area contributed by atoms with Gasteiger partial charge < -0.3 is 15.4 Å². The molecule has 0 aromatic heterocycles. The number of thiocarbonyl (C=S) groups is 1. The zero-order valence-corrected chi connectivity index (χ0v) is 16.8. The van der Waals surface area contributed by atoms with Crippen LogP contribution in [0.5, 0.6) is 5.75 Å². The van der Waals surface area contributed by atoms with Gasteiger partial charge in [0.05, 0.1) is 17.5 Å². The number of benzene rings is 2. The van der Waals surface area contributed by atoms with Gasteiger partial charge >= 0.3 is 0 Å². The average Bonchev–Trinajstić information content (AvgIpc) is 2.59. The van der Waals surface area contributed by atoms with E-state index in [1.807, 2.05) is 50.2 Å². The second-order valence-electron chi connectivity index (χ2n) is 5.86. The highest BCUT2D eigenvalue weighted by atomic mass is 32.2. The van der Waals surface area contributed by atoms with E-state index in [2.05, 4.69) is 10.6 Å². The number of nitrogens with one attached hydrogen (secondary N) is 2. The van der Waals surface area contributed by atoms with Crippen LogP contribution >= 0.6 is 12.2 Å². The zero-order valence-electron chi connectivity index (χ0n) is 15.2. The largest absolute Gasteiger partial charge is 0.494 e. The van der Waals surface area contributed by atoms with Crippen LogP contribution in [0.25, 0.3) is 0 Å². The minimum Gasteiger partial charge on any atom is -0.494 e. The van der Waals surface area contributed by atoms with Gasteiger partial charge in [-0.05, 0) is 55.4 Å². The second kappa shape index (κ2) is 9.00. The Balaban J connectivity index is 2.05. The van der Waals surface area contributed by atoms with Gasteiger partial charge in [-0.3, -0.25) is 0 Å². The lowest BCUT2D eigenvalue weighted by Crippen LogP contribution is -2.32. The van der Waals surface area contributed by atoms with Crippen molar-refractivity contribution in [2.24, 2.45) is 0 Å². The zero-order chi connectivity index (χ0) is 19.2. The summed E-state index contributed by atoms with van der Waals surface area (Å²) >= 11 is 5.41.